The predicted molar refractivity (Wildman–Crippen MR) is 87.8 cm³/mol. The van der Waals surface area contributed by atoms with E-state index in [-0.39, 0.29) is 6.04 Å². The van der Waals surface area contributed by atoms with Crippen LogP contribution in [0, 0.1) is 0 Å². The SMILES string of the molecule is C=CCC(NC(=O)O)c1cccc(-c2ncc(Cl)cc2N)c1. The average Bonchev–Trinajstić information content (AvgIpc) is 2.46. The van der Waals surface area contributed by atoms with E-state index in [0.29, 0.717) is 22.8 Å². The quantitative estimate of drug-likeness (QED) is 0.730. The number of nitrogens with one attached hydrogen (secondary N) is 1. The number of pyridine rings is 1. The summed E-state index contributed by atoms with van der Waals surface area (Å²) in [4.78, 5) is 15.2. The van der Waals surface area contributed by atoms with E-state index in [1.54, 1.807) is 12.1 Å². The standard InChI is InChI=1S/C16H16ClN3O2/c1-2-4-14(20-16(21)22)10-5-3-6-11(7-10)15-13(18)8-12(17)9-19-15/h2-3,5-9,14,20H,1,4,18H2,(H,21,22). The third-order valence-electron chi connectivity index (χ3n) is 3.15. The molecule has 2 rings (SSSR count). The molecule has 5 nitrogen and oxygen atoms in total. The lowest BCUT2D eigenvalue weighted by molar-refractivity contribution is 0.190. The molecule has 0 saturated carbocycles. The minimum atomic E-state index is -1.08. The van der Waals surface area contributed by atoms with Crippen LogP contribution in [0.15, 0.2) is 49.2 Å². The van der Waals surface area contributed by atoms with Gasteiger partial charge < -0.3 is 16.2 Å². The number of nitrogens with zero attached hydrogens (tertiary/aromatic N) is 1. The number of hydrogen-bond acceptors (Lipinski definition) is 3. The Balaban J connectivity index is 2.39. The zero-order valence-corrected chi connectivity index (χ0v) is 12.5. The minimum Gasteiger partial charge on any atom is -0.465 e. The number of nitrogen functional groups attached to an aromatic ring is 1. The van der Waals surface area contributed by atoms with Crippen molar-refractivity contribution in [2.24, 2.45) is 0 Å². The number of carbonyl (C=O) groups is 1. The molecule has 1 atom stereocenters. The Morgan fingerprint density at radius 1 is 1.50 bits per heavy atom. The fourth-order valence-electron chi connectivity index (χ4n) is 2.19. The number of rotatable bonds is 5. The first-order valence-corrected chi connectivity index (χ1v) is 7.00. The maximum atomic E-state index is 10.9. The van der Waals surface area contributed by atoms with Gasteiger partial charge in [0, 0.05) is 11.8 Å². The summed E-state index contributed by atoms with van der Waals surface area (Å²) in [5, 5.41) is 11.9. The van der Waals surface area contributed by atoms with Gasteiger partial charge >= 0.3 is 6.09 Å². The Labute approximate surface area is 133 Å². The first-order valence-electron chi connectivity index (χ1n) is 6.63. The van der Waals surface area contributed by atoms with Gasteiger partial charge in [-0.05, 0) is 24.1 Å². The molecule has 0 fully saturated rings. The maximum absolute atomic E-state index is 10.9. The molecule has 0 radical (unpaired) electrons. The number of nitrogens with two attached hydrogens (primary N) is 1. The Bertz CT molecular complexity index is 704. The molecule has 0 bridgehead atoms. The summed E-state index contributed by atoms with van der Waals surface area (Å²) < 4.78 is 0. The largest absolute Gasteiger partial charge is 0.465 e. The van der Waals surface area contributed by atoms with Crippen molar-refractivity contribution in [3.63, 3.8) is 0 Å². The second kappa shape index (κ2) is 6.95. The molecule has 1 amide bonds. The number of hydrogen-bond donors (Lipinski definition) is 3. The van der Waals surface area contributed by atoms with E-state index >= 15 is 0 Å². The normalized spacial score (nSPS) is 11.7. The van der Waals surface area contributed by atoms with Crippen LogP contribution < -0.4 is 11.1 Å². The molecule has 4 N–H and O–H groups in total. The van der Waals surface area contributed by atoms with Gasteiger partial charge in [0.25, 0.3) is 0 Å². The number of halogens is 1. The van der Waals surface area contributed by atoms with Crippen molar-refractivity contribution in [1.29, 1.82) is 0 Å². The van der Waals surface area contributed by atoms with Gasteiger partial charge in [0.2, 0.25) is 0 Å². The summed E-state index contributed by atoms with van der Waals surface area (Å²) in [7, 11) is 0. The maximum Gasteiger partial charge on any atom is 0.405 e. The Morgan fingerprint density at radius 2 is 2.27 bits per heavy atom. The molecule has 0 aliphatic carbocycles. The molecule has 114 valence electrons. The monoisotopic (exact) mass is 317 g/mol. The van der Waals surface area contributed by atoms with E-state index < -0.39 is 6.09 Å². The number of aromatic nitrogens is 1. The summed E-state index contributed by atoms with van der Waals surface area (Å²) >= 11 is 5.86. The van der Waals surface area contributed by atoms with Crippen LogP contribution in [0.2, 0.25) is 5.02 Å². The highest BCUT2D eigenvalue weighted by Gasteiger charge is 2.14. The zero-order valence-electron chi connectivity index (χ0n) is 11.8. The van der Waals surface area contributed by atoms with E-state index in [9.17, 15) is 4.79 Å². The number of carboxylic acid groups (broad SMARTS) is 1. The van der Waals surface area contributed by atoms with E-state index in [2.05, 4.69) is 16.9 Å². The molecule has 0 aliphatic heterocycles. The van der Waals surface area contributed by atoms with Gasteiger partial charge in [-0.2, -0.15) is 0 Å². The van der Waals surface area contributed by atoms with Gasteiger partial charge in [-0.25, -0.2) is 4.79 Å². The number of amides is 1. The lowest BCUT2D eigenvalue weighted by Gasteiger charge is -2.16. The van der Waals surface area contributed by atoms with E-state index in [0.717, 1.165) is 11.1 Å². The highest BCUT2D eigenvalue weighted by atomic mass is 35.5. The van der Waals surface area contributed by atoms with Crippen molar-refractivity contribution in [2.45, 2.75) is 12.5 Å². The Hall–Kier alpha value is -2.53. The average molecular weight is 318 g/mol. The van der Waals surface area contributed by atoms with Crippen LogP contribution in [0.25, 0.3) is 11.3 Å². The third kappa shape index (κ3) is 3.77. The summed E-state index contributed by atoms with van der Waals surface area (Å²) in [6.07, 6.45) is 2.60. The molecule has 2 aromatic rings. The number of anilines is 1. The second-order valence-electron chi connectivity index (χ2n) is 4.74. The smallest absolute Gasteiger partial charge is 0.405 e. The van der Waals surface area contributed by atoms with Crippen LogP contribution in [-0.2, 0) is 0 Å². The van der Waals surface area contributed by atoms with Crippen LogP contribution in [0.5, 0.6) is 0 Å². The van der Waals surface area contributed by atoms with Crippen molar-refractivity contribution in [2.75, 3.05) is 5.73 Å². The second-order valence-corrected chi connectivity index (χ2v) is 5.18. The fraction of sp³-hybridized carbons (Fsp3) is 0.125. The van der Waals surface area contributed by atoms with Crippen molar-refractivity contribution < 1.29 is 9.90 Å². The topological polar surface area (TPSA) is 88.2 Å². The summed E-state index contributed by atoms with van der Waals surface area (Å²) in [5.74, 6) is 0. The first kappa shape index (κ1) is 15.9. The van der Waals surface area contributed by atoms with Crippen molar-refractivity contribution >= 4 is 23.4 Å². The molecular weight excluding hydrogens is 302 g/mol. The number of benzene rings is 1. The first-order chi connectivity index (χ1) is 10.5. The molecule has 22 heavy (non-hydrogen) atoms. The molecule has 6 heteroatoms. The summed E-state index contributed by atoms with van der Waals surface area (Å²) in [6.45, 7) is 3.66. The van der Waals surface area contributed by atoms with Crippen LogP contribution in [0.4, 0.5) is 10.5 Å². The molecular formula is C16H16ClN3O2. The Kier molecular flexibility index (Phi) is 5.01. The molecule has 0 aliphatic rings. The van der Waals surface area contributed by atoms with Crippen LogP contribution in [0.3, 0.4) is 0 Å². The zero-order chi connectivity index (χ0) is 16.1. The van der Waals surface area contributed by atoms with E-state index in [4.69, 9.17) is 22.4 Å². The summed E-state index contributed by atoms with van der Waals surface area (Å²) in [5.41, 5.74) is 8.64. The molecule has 0 spiro atoms. The van der Waals surface area contributed by atoms with E-state index in [1.165, 1.54) is 6.20 Å². The fourth-order valence-corrected chi connectivity index (χ4v) is 2.36. The molecule has 1 aromatic heterocycles. The van der Waals surface area contributed by atoms with Crippen molar-refractivity contribution in [1.82, 2.24) is 10.3 Å². The van der Waals surface area contributed by atoms with Gasteiger partial charge in [-0.3, -0.25) is 4.98 Å². The van der Waals surface area contributed by atoms with Gasteiger partial charge in [-0.15, -0.1) is 6.58 Å². The van der Waals surface area contributed by atoms with Gasteiger partial charge in [0.05, 0.1) is 22.4 Å². The van der Waals surface area contributed by atoms with Gasteiger partial charge in [-0.1, -0.05) is 35.9 Å². The highest BCUT2D eigenvalue weighted by molar-refractivity contribution is 6.30. The third-order valence-corrected chi connectivity index (χ3v) is 3.35. The molecule has 1 heterocycles. The van der Waals surface area contributed by atoms with Crippen molar-refractivity contribution in [3.8, 4) is 11.3 Å². The van der Waals surface area contributed by atoms with Gasteiger partial charge in [0.1, 0.15) is 0 Å². The van der Waals surface area contributed by atoms with Gasteiger partial charge in [0.15, 0.2) is 0 Å². The van der Waals surface area contributed by atoms with Crippen molar-refractivity contribution in [3.05, 3.63) is 59.8 Å². The molecule has 0 saturated heterocycles. The lowest BCUT2D eigenvalue weighted by atomic mass is 9.99. The highest BCUT2D eigenvalue weighted by Crippen LogP contribution is 2.28. The summed E-state index contributed by atoms with van der Waals surface area (Å²) in [6, 6.07) is 8.66. The predicted octanol–water partition coefficient (Wildman–Crippen LogP) is 3.87. The van der Waals surface area contributed by atoms with Crippen LogP contribution in [-0.4, -0.2) is 16.2 Å². The minimum absolute atomic E-state index is 0.372. The van der Waals surface area contributed by atoms with E-state index in [1.807, 2.05) is 24.3 Å². The molecule has 1 aromatic carbocycles. The lowest BCUT2D eigenvalue weighted by Crippen LogP contribution is -2.26. The molecule has 1 unspecified atom stereocenters. The Morgan fingerprint density at radius 3 is 2.91 bits per heavy atom. The van der Waals surface area contributed by atoms with Crippen LogP contribution in [0.1, 0.15) is 18.0 Å². The van der Waals surface area contributed by atoms with Crippen LogP contribution >= 0.6 is 11.6 Å².